The van der Waals surface area contributed by atoms with Gasteiger partial charge in [0.2, 0.25) is 5.89 Å². The van der Waals surface area contributed by atoms with Gasteiger partial charge in [0.25, 0.3) is 0 Å². The van der Waals surface area contributed by atoms with Crippen LogP contribution in [0.3, 0.4) is 0 Å². The van der Waals surface area contributed by atoms with Crippen LogP contribution in [0.25, 0.3) is 0 Å². The Morgan fingerprint density at radius 2 is 2.25 bits per heavy atom. The number of aromatic carboxylic acids is 1. The van der Waals surface area contributed by atoms with Crippen molar-refractivity contribution in [2.24, 2.45) is 0 Å². The van der Waals surface area contributed by atoms with E-state index in [1.165, 1.54) is 11.8 Å². The smallest absolute Gasteiger partial charge is 0.336 e. The zero-order chi connectivity index (χ0) is 14.7. The van der Waals surface area contributed by atoms with Crippen molar-refractivity contribution in [3.05, 3.63) is 40.0 Å². The molecule has 0 spiro atoms. The number of aromatic nitrogens is 2. The molecule has 1 aromatic carbocycles. The third-order valence-corrected chi connectivity index (χ3v) is 4.06. The number of hydrogen-bond acceptors (Lipinski definition) is 5. The minimum atomic E-state index is -0.951. The lowest BCUT2D eigenvalue weighted by molar-refractivity contribution is 0.0693. The van der Waals surface area contributed by atoms with Crippen LogP contribution in [0.15, 0.2) is 32.1 Å². The molecule has 7 heteroatoms. The molecule has 106 valence electrons. The normalized spacial score (nSPS) is 11.0. The van der Waals surface area contributed by atoms with E-state index in [9.17, 15) is 4.79 Å². The van der Waals surface area contributed by atoms with E-state index in [-0.39, 0.29) is 11.5 Å². The minimum absolute atomic E-state index is 0.206. The van der Waals surface area contributed by atoms with Crippen molar-refractivity contribution in [2.75, 3.05) is 0 Å². The topological polar surface area (TPSA) is 76.2 Å². The highest BCUT2D eigenvalue weighted by Crippen LogP contribution is 2.29. The Hall–Kier alpha value is -1.34. The molecule has 0 aliphatic carbocycles. The average Bonchev–Trinajstić information content (AvgIpc) is 2.85. The Bertz CT molecular complexity index is 628. The Morgan fingerprint density at radius 1 is 1.50 bits per heavy atom. The summed E-state index contributed by atoms with van der Waals surface area (Å²) in [7, 11) is 0. The number of halogens is 1. The summed E-state index contributed by atoms with van der Waals surface area (Å²) >= 11 is 4.70. The lowest BCUT2D eigenvalue weighted by Crippen LogP contribution is -1.98. The van der Waals surface area contributed by atoms with Gasteiger partial charge in [-0.15, -0.1) is 11.8 Å². The van der Waals surface area contributed by atoms with Gasteiger partial charge in [-0.2, -0.15) is 4.98 Å². The van der Waals surface area contributed by atoms with E-state index in [0.29, 0.717) is 22.4 Å². The first-order valence-corrected chi connectivity index (χ1v) is 7.73. The molecule has 0 aliphatic rings. The van der Waals surface area contributed by atoms with Gasteiger partial charge in [-0.1, -0.05) is 34.9 Å². The Labute approximate surface area is 128 Å². The number of nitrogens with zero attached hydrogens (tertiary/aromatic N) is 2. The molecule has 0 bridgehead atoms. The molecule has 0 radical (unpaired) electrons. The first kappa shape index (κ1) is 15.1. The summed E-state index contributed by atoms with van der Waals surface area (Å²) in [5, 5.41) is 13.0. The molecule has 0 unspecified atom stereocenters. The number of carboxylic acids is 1. The highest BCUT2D eigenvalue weighted by Gasteiger charge is 2.14. The van der Waals surface area contributed by atoms with Crippen LogP contribution in [0, 0.1) is 0 Å². The van der Waals surface area contributed by atoms with Crippen LogP contribution in [0.5, 0.6) is 0 Å². The van der Waals surface area contributed by atoms with Crippen LogP contribution in [0.4, 0.5) is 0 Å². The summed E-state index contributed by atoms with van der Waals surface area (Å²) in [6.07, 6.45) is 0. The zero-order valence-electron chi connectivity index (χ0n) is 11.0. The van der Waals surface area contributed by atoms with Crippen LogP contribution in [0.2, 0.25) is 0 Å². The van der Waals surface area contributed by atoms with Gasteiger partial charge in [-0.3, -0.25) is 0 Å². The fourth-order valence-corrected chi connectivity index (χ4v) is 2.92. The second-order valence-electron chi connectivity index (χ2n) is 4.44. The second kappa shape index (κ2) is 6.41. The Balaban J connectivity index is 2.13. The molecule has 0 saturated heterocycles. The number of hydrogen-bond donors (Lipinski definition) is 1. The predicted octanol–water partition coefficient (Wildman–Crippen LogP) is 3.95. The number of rotatable bonds is 5. The van der Waals surface area contributed by atoms with Crippen LogP contribution in [-0.2, 0) is 5.75 Å². The summed E-state index contributed by atoms with van der Waals surface area (Å²) in [4.78, 5) is 16.1. The van der Waals surface area contributed by atoms with Crippen LogP contribution < -0.4 is 0 Å². The molecule has 1 heterocycles. The molecule has 0 fully saturated rings. The maximum absolute atomic E-state index is 11.2. The van der Waals surface area contributed by atoms with Crippen molar-refractivity contribution >= 4 is 33.7 Å². The lowest BCUT2D eigenvalue weighted by Gasteiger charge is -2.04. The van der Waals surface area contributed by atoms with E-state index in [1.807, 2.05) is 13.8 Å². The van der Waals surface area contributed by atoms with Gasteiger partial charge in [0, 0.05) is 15.3 Å². The standard InChI is InChI=1S/C13H13BrN2O3S/c1-7(2)12-15-11(19-16-12)6-20-10-5-8(14)3-4-9(10)13(17)18/h3-5,7H,6H2,1-2H3,(H,17,18). The van der Waals surface area contributed by atoms with Crippen molar-refractivity contribution < 1.29 is 14.4 Å². The van der Waals surface area contributed by atoms with E-state index < -0.39 is 5.97 Å². The van der Waals surface area contributed by atoms with Crippen molar-refractivity contribution in [1.82, 2.24) is 10.1 Å². The van der Waals surface area contributed by atoms with Crippen molar-refractivity contribution in [1.29, 1.82) is 0 Å². The van der Waals surface area contributed by atoms with Gasteiger partial charge in [-0.25, -0.2) is 4.79 Å². The van der Waals surface area contributed by atoms with E-state index in [2.05, 4.69) is 26.1 Å². The van der Waals surface area contributed by atoms with E-state index in [0.717, 1.165) is 4.47 Å². The number of thioether (sulfide) groups is 1. The van der Waals surface area contributed by atoms with Gasteiger partial charge in [-0.05, 0) is 18.2 Å². The summed E-state index contributed by atoms with van der Waals surface area (Å²) in [5.74, 6) is 0.853. The molecule has 0 amide bonds. The lowest BCUT2D eigenvalue weighted by atomic mass is 10.2. The molecule has 0 atom stereocenters. The molecule has 20 heavy (non-hydrogen) atoms. The van der Waals surface area contributed by atoms with Gasteiger partial charge in [0.05, 0.1) is 11.3 Å². The molecule has 2 aromatic rings. The molecular weight excluding hydrogens is 344 g/mol. The second-order valence-corrected chi connectivity index (χ2v) is 6.37. The van der Waals surface area contributed by atoms with Gasteiger partial charge < -0.3 is 9.63 Å². The van der Waals surface area contributed by atoms with Gasteiger partial charge in [0.15, 0.2) is 5.82 Å². The molecule has 5 nitrogen and oxygen atoms in total. The molecular formula is C13H13BrN2O3S. The van der Waals surface area contributed by atoms with Crippen LogP contribution in [0.1, 0.15) is 41.8 Å². The fraction of sp³-hybridized carbons (Fsp3) is 0.308. The van der Waals surface area contributed by atoms with Gasteiger partial charge in [0.1, 0.15) is 0 Å². The highest BCUT2D eigenvalue weighted by molar-refractivity contribution is 9.10. The van der Waals surface area contributed by atoms with E-state index in [4.69, 9.17) is 9.63 Å². The predicted molar refractivity (Wildman–Crippen MR) is 79.0 cm³/mol. The molecule has 1 N–H and O–H groups in total. The molecule has 0 saturated carbocycles. The third kappa shape index (κ3) is 3.61. The first-order valence-electron chi connectivity index (χ1n) is 5.95. The maximum atomic E-state index is 11.2. The van der Waals surface area contributed by atoms with Crippen LogP contribution in [-0.4, -0.2) is 21.2 Å². The summed E-state index contributed by atoms with van der Waals surface area (Å²) < 4.78 is 5.97. The average molecular weight is 357 g/mol. The summed E-state index contributed by atoms with van der Waals surface area (Å²) in [5.41, 5.74) is 0.266. The largest absolute Gasteiger partial charge is 0.478 e. The summed E-state index contributed by atoms with van der Waals surface area (Å²) in [6, 6.07) is 5.05. The fourth-order valence-electron chi connectivity index (χ4n) is 1.49. The SMILES string of the molecule is CC(C)c1noc(CSc2cc(Br)ccc2C(=O)O)n1. The zero-order valence-corrected chi connectivity index (χ0v) is 13.4. The Morgan fingerprint density at radius 3 is 2.85 bits per heavy atom. The van der Waals surface area contributed by atoms with Crippen molar-refractivity contribution in [3.8, 4) is 0 Å². The molecule has 2 rings (SSSR count). The van der Waals surface area contributed by atoms with E-state index >= 15 is 0 Å². The Kier molecular flexibility index (Phi) is 4.82. The van der Waals surface area contributed by atoms with Crippen LogP contribution >= 0.6 is 27.7 Å². The van der Waals surface area contributed by atoms with E-state index in [1.54, 1.807) is 18.2 Å². The quantitative estimate of drug-likeness (QED) is 0.817. The number of carbonyl (C=O) groups is 1. The maximum Gasteiger partial charge on any atom is 0.336 e. The highest BCUT2D eigenvalue weighted by atomic mass is 79.9. The van der Waals surface area contributed by atoms with Crippen molar-refractivity contribution in [3.63, 3.8) is 0 Å². The first-order chi connectivity index (χ1) is 9.47. The van der Waals surface area contributed by atoms with Crippen molar-refractivity contribution in [2.45, 2.75) is 30.4 Å². The van der Waals surface area contributed by atoms with Gasteiger partial charge >= 0.3 is 5.97 Å². The monoisotopic (exact) mass is 356 g/mol. The molecule has 1 aromatic heterocycles. The minimum Gasteiger partial charge on any atom is -0.478 e. The number of benzene rings is 1. The summed E-state index contributed by atoms with van der Waals surface area (Å²) in [6.45, 7) is 3.97. The molecule has 0 aliphatic heterocycles. The number of carboxylic acid groups (broad SMARTS) is 1. The third-order valence-electron chi connectivity index (χ3n) is 2.53.